The van der Waals surface area contributed by atoms with Crippen LogP contribution in [-0.4, -0.2) is 49.1 Å². The zero-order valence-electron chi connectivity index (χ0n) is 13.7. The molecule has 0 atom stereocenters. The fourth-order valence-corrected chi connectivity index (χ4v) is 2.54. The van der Waals surface area contributed by atoms with Crippen LogP contribution in [0.5, 0.6) is 0 Å². The maximum atomic E-state index is 2.63. The van der Waals surface area contributed by atoms with E-state index in [2.05, 4.69) is 51.3 Å². The van der Waals surface area contributed by atoms with Crippen molar-refractivity contribution in [2.24, 2.45) is 11.8 Å². The lowest BCUT2D eigenvalue weighted by molar-refractivity contribution is 0.179. The van der Waals surface area contributed by atoms with Gasteiger partial charge in [0, 0.05) is 26.2 Å². The molecule has 0 aliphatic heterocycles. The summed E-state index contributed by atoms with van der Waals surface area (Å²) in [6, 6.07) is 0. The molecule has 0 fully saturated rings. The predicted octanol–water partition coefficient (Wildman–Crippen LogP) is 3.72. The quantitative estimate of drug-likeness (QED) is 0.556. The van der Waals surface area contributed by atoms with E-state index in [0.717, 1.165) is 11.8 Å². The van der Waals surface area contributed by atoms with Crippen molar-refractivity contribution < 1.29 is 0 Å². The van der Waals surface area contributed by atoms with E-state index in [0.29, 0.717) is 0 Å². The zero-order chi connectivity index (χ0) is 14.0. The summed E-state index contributed by atoms with van der Waals surface area (Å²) < 4.78 is 0. The van der Waals surface area contributed by atoms with Crippen LogP contribution in [-0.2, 0) is 0 Å². The molecular weight excluding hydrogens is 220 g/mol. The first-order valence-corrected chi connectivity index (χ1v) is 7.94. The predicted molar refractivity (Wildman–Crippen MR) is 83.1 cm³/mol. The van der Waals surface area contributed by atoms with Crippen LogP contribution in [0.3, 0.4) is 0 Å². The lowest BCUT2D eigenvalue weighted by Gasteiger charge is -2.29. The summed E-state index contributed by atoms with van der Waals surface area (Å²) in [6.45, 7) is 21.3. The highest BCUT2D eigenvalue weighted by molar-refractivity contribution is 4.65. The van der Waals surface area contributed by atoms with E-state index in [9.17, 15) is 0 Å². The molecule has 110 valence electrons. The van der Waals surface area contributed by atoms with Crippen molar-refractivity contribution in [2.45, 2.75) is 54.4 Å². The molecule has 2 nitrogen and oxygen atoms in total. The second-order valence-corrected chi connectivity index (χ2v) is 6.39. The van der Waals surface area contributed by atoms with Crippen LogP contribution >= 0.6 is 0 Å². The van der Waals surface area contributed by atoms with E-state index in [4.69, 9.17) is 0 Å². The molecule has 0 N–H and O–H groups in total. The summed E-state index contributed by atoms with van der Waals surface area (Å²) in [5.74, 6) is 1.56. The molecule has 0 aliphatic rings. The molecule has 0 rings (SSSR count). The highest BCUT2D eigenvalue weighted by atomic mass is 15.2. The first kappa shape index (κ1) is 17.9. The minimum atomic E-state index is 0.779. The maximum Gasteiger partial charge on any atom is 0.0109 e. The van der Waals surface area contributed by atoms with Gasteiger partial charge in [0.05, 0.1) is 0 Å². The average molecular weight is 256 g/mol. The summed E-state index contributed by atoms with van der Waals surface area (Å²) in [5.41, 5.74) is 0. The zero-order valence-corrected chi connectivity index (χ0v) is 13.7. The minimum absolute atomic E-state index is 0.779. The van der Waals surface area contributed by atoms with Crippen molar-refractivity contribution in [1.29, 1.82) is 0 Å². The Morgan fingerprint density at radius 2 is 0.944 bits per heavy atom. The Bertz CT molecular complexity index is 158. The topological polar surface area (TPSA) is 6.48 Å². The fourth-order valence-electron chi connectivity index (χ4n) is 2.54. The van der Waals surface area contributed by atoms with Crippen LogP contribution in [0.2, 0.25) is 0 Å². The summed E-state index contributed by atoms with van der Waals surface area (Å²) in [6.07, 6.45) is 2.54. The van der Waals surface area contributed by atoms with Gasteiger partial charge in [0.25, 0.3) is 0 Å². The fraction of sp³-hybridized carbons (Fsp3) is 1.00. The van der Waals surface area contributed by atoms with Gasteiger partial charge in [0.15, 0.2) is 0 Å². The molecule has 0 radical (unpaired) electrons. The molecule has 0 unspecified atom stereocenters. The molecule has 2 heteroatoms. The summed E-state index contributed by atoms with van der Waals surface area (Å²) in [7, 11) is 0. The first-order valence-electron chi connectivity index (χ1n) is 7.94. The van der Waals surface area contributed by atoms with Crippen molar-refractivity contribution in [2.75, 3.05) is 39.3 Å². The van der Waals surface area contributed by atoms with Crippen LogP contribution in [0.1, 0.15) is 54.4 Å². The SMILES string of the molecule is CCCN(CCN(CCC)CC(C)C)CC(C)C. The number of nitrogens with zero attached hydrogens (tertiary/aromatic N) is 2. The van der Waals surface area contributed by atoms with Gasteiger partial charge >= 0.3 is 0 Å². The Labute approximate surface area is 116 Å². The summed E-state index contributed by atoms with van der Waals surface area (Å²) in [4.78, 5) is 5.27. The Morgan fingerprint density at radius 3 is 1.17 bits per heavy atom. The number of hydrogen-bond acceptors (Lipinski definition) is 2. The Balaban J connectivity index is 4.09. The third kappa shape index (κ3) is 9.90. The monoisotopic (exact) mass is 256 g/mol. The molecule has 0 aromatic rings. The standard InChI is InChI=1S/C16H36N2/c1-7-9-17(13-15(3)4)11-12-18(10-8-2)14-16(5)6/h15-16H,7-14H2,1-6H3. The third-order valence-corrected chi connectivity index (χ3v) is 3.06. The van der Waals surface area contributed by atoms with Crippen LogP contribution in [0.15, 0.2) is 0 Å². The van der Waals surface area contributed by atoms with Gasteiger partial charge in [-0.05, 0) is 37.8 Å². The van der Waals surface area contributed by atoms with Crippen molar-refractivity contribution in [3.63, 3.8) is 0 Å². The van der Waals surface area contributed by atoms with Gasteiger partial charge in [-0.3, -0.25) is 0 Å². The highest BCUT2D eigenvalue weighted by Crippen LogP contribution is 2.03. The number of hydrogen-bond donors (Lipinski definition) is 0. The third-order valence-electron chi connectivity index (χ3n) is 3.06. The van der Waals surface area contributed by atoms with E-state index < -0.39 is 0 Å². The van der Waals surface area contributed by atoms with E-state index >= 15 is 0 Å². The van der Waals surface area contributed by atoms with Gasteiger partial charge in [-0.25, -0.2) is 0 Å². The Kier molecular flexibility index (Phi) is 10.8. The average Bonchev–Trinajstić information content (AvgIpc) is 2.24. The molecule has 0 heterocycles. The van der Waals surface area contributed by atoms with Gasteiger partial charge in [0.2, 0.25) is 0 Å². The van der Waals surface area contributed by atoms with Crippen molar-refractivity contribution in [3.05, 3.63) is 0 Å². The molecule has 0 bridgehead atoms. The normalized spacial score (nSPS) is 12.3. The van der Waals surface area contributed by atoms with Crippen LogP contribution in [0, 0.1) is 11.8 Å². The molecule has 0 amide bonds. The largest absolute Gasteiger partial charge is 0.302 e. The van der Waals surface area contributed by atoms with Gasteiger partial charge in [0.1, 0.15) is 0 Å². The Hall–Kier alpha value is -0.0800. The van der Waals surface area contributed by atoms with E-state index in [1.54, 1.807) is 0 Å². The van der Waals surface area contributed by atoms with Gasteiger partial charge in [-0.1, -0.05) is 41.5 Å². The van der Waals surface area contributed by atoms with Crippen LogP contribution in [0.4, 0.5) is 0 Å². The van der Waals surface area contributed by atoms with E-state index in [1.165, 1.54) is 52.1 Å². The van der Waals surface area contributed by atoms with Crippen LogP contribution in [0.25, 0.3) is 0 Å². The molecule has 0 aromatic heterocycles. The number of rotatable bonds is 11. The molecule has 0 spiro atoms. The molecule has 18 heavy (non-hydrogen) atoms. The molecule has 0 aromatic carbocycles. The van der Waals surface area contributed by atoms with Gasteiger partial charge < -0.3 is 9.80 Å². The summed E-state index contributed by atoms with van der Waals surface area (Å²) >= 11 is 0. The lowest BCUT2D eigenvalue weighted by atomic mass is 10.2. The van der Waals surface area contributed by atoms with E-state index in [1.807, 2.05) is 0 Å². The minimum Gasteiger partial charge on any atom is -0.302 e. The van der Waals surface area contributed by atoms with Crippen molar-refractivity contribution >= 4 is 0 Å². The van der Waals surface area contributed by atoms with Crippen LogP contribution < -0.4 is 0 Å². The molecule has 0 saturated heterocycles. The van der Waals surface area contributed by atoms with E-state index in [-0.39, 0.29) is 0 Å². The second kappa shape index (κ2) is 10.8. The second-order valence-electron chi connectivity index (χ2n) is 6.39. The van der Waals surface area contributed by atoms with Gasteiger partial charge in [-0.15, -0.1) is 0 Å². The summed E-state index contributed by atoms with van der Waals surface area (Å²) in [5, 5.41) is 0. The van der Waals surface area contributed by atoms with Crippen molar-refractivity contribution in [1.82, 2.24) is 9.80 Å². The highest BCUT2D eigenvalue weighted by Gasteiger charge is 2.10. The lowest BCUT2D eigenvalue weighted by Crippen LogP contribution is -2.39. The van der Waals surface area contributed by atoms with Crippen molar-refractivity contribution in [3.8, 4) is 0 Å². The Morgan fingerprint density at radius 1 is 0.611 bits per heavy atom. The maximum absolute atomic E-state index is 2.63. The molecule has 0 saturated carbocycles. The van der Waals surface area contributed by atoms with Gasteiger partial charge in [-0.2, -0.15) is 0 Å². The smallest absolute Gasteiger partial charge is 0.0109 e. The molecular formula is C16H36N2. The first-order chi connectivity index (χ1) is 8.49. The molecule has 0 aliphatic carbocycles.